The molecule has 0 saturated carbocycles. The zero-order chi connectivity index (χ0) is 9.97. The third-order valence-corrected chi connectivity index (χ3v) is 3.11. The molecule has 3 N–H and O–H groups in total. The maximum atomic E-state index is 9.92. The van der Waals surface area contributed by atoms with Crippen molar-refractivity contribution in [3.63, 3.8) is 0 Å². The molecule has 0 radical (unpaired) electrons. The fourth-order valence-electron chi connectivity index (χ4n) is 2.36. The molecule has 2 rings (SSSR count). The van der Waals surface area contributed by atoms with Crippen molar-refractivity contribution in [1.29, 1.82) is 0 Å². The zero-order valence-electron chi connectivity index (χ0n) is 8.32. The van der Waals surface area contributed by atoms with Crippen molar-refractivity contribution in [2.45, 2.75) is 31.3 Å². The van der Waals surface area contributed by atoms with E-state index < -0.39 is 0 Å². The van der Waals surface area contributed by atoms with Gasteiger partial charge in [0.15, 0.2) is 0 Å². The van der Waals surface area contributed by atoms with Crippen LogP contribution < -0.4 is 5.73 Å². The molecule has 1 aliphatic carbocycles. The fraction of sp³-hybridized carbons (Fsp3) is 0.500. The zero-order valence-corrected chi connectivity index (χ0v) is 8.32. The van der Waals surface area contributed by atoms with Gasteiger partial charge in [-0.1, -0.05) is 24.3 Å². The van der Waals surface area contributed by atoms with Gasteiger partial charge in [0.2, 0.25) is 0 Å². The highest BCUT2D eigenvalue weighted by atomic mass is 16.3. The standard InChI is InChI=1S/C12H17NO/c13-8-7-12(14)11-6-5-9-3-1-2-4-10(9)11/h1-4,11-12,14H,5-8,13H2. The van der Waals surface area contributed by atoms with Crippen LogP contribution in [0.1, 0.15) is 29.9 Å². The molecule has 1 aliphatic rings. The molecule has 2 unspecified atom stereocenters. The van der Waals surface area contributed by atoms with Gasteiger partial charge in [-0.25, -0.2) is 0 Å². The first-order chi connectivity index (χ1) is 6.83. The number of hydrogen-bond acceptors (Lipinski definition) is 2. The van der Waals surface area contributed by atoms with Crippen molar-refractivity contribution in [3.05, 3.63) is 35.4 Å². The van der Waals surface area contributed by atoms with Crippen LogP contribution in [0.4, 0.5) is 0 Å². The molecule has 1 aromatic rings. The van der Waals surface area contributed by atoms with Gasteiger partial charge in [0.25, 0.3) is 0 Å². The van der Waals surface area contributed by atoms with E-state index in [1.54, 1.807) is 0 Å². The summed E-state index contributed by atoms with van der Waals surface area (Å²) in [5.74, 6) is 0.315. The van der Waals surface area contributed by atoms with Gasteiger partial charge in [-0.2, -0.15) is 0 Å². The lowest BCUT2D eigenvalue weighted by Crippen LogP contribution is -2.20. The van der Waals surface area contributed by atoms with Crippen LogP contribution in [0, 0.1) is 0 Å². The van der Waals surface area contributed by atoms with Crippen LogP contribution in [0.3, 0.4) is 0 Å². The second kappa shape index (κ2) is 4.11. The molecular formula is C12H17NO. The molecule has 0 spiro atoms. The van der Waals surface area contributed by atoms with E-state index in [1.807, 2.05) is 6.07 Å². The van der Waals surface area contributed by atoms with Crippen LogP contribution in [-0.2, 0) is 6.42 Å². The summed E-state index contributed by atoms with van der Waals surface area (Å²) in [6, 6.07) is 8.40. The van der Waals surface area contributed by atoms with Crippen LogP contribution in [-0.4, -0.2) is 17.8 Å². The lowest BCUT2D eigenvalue weighted by Gasteiger charge is -2.18. The number of hydrogen-bond donors (Lipinski definition) is 2. The van der Waals surface area contributed by atoms with Crippen LogP contribution in [0.15, 0.2) is 24.3 Å². The largest absolute Gasteiger partial charge is 0.392 e. The van der Waals surface area contributed by atoms with E-state index in [-0.39, 0.29) is 6.10 Å². The molecule has 0 bridgehead atoms. The molecule has 0 heterocycles. The Kier molecular flexibility index (Phi) is 2.85. The maximum Gasteiger partial charge on any atom is 0.0620 e. The van der Waals surface area contributed by atoms with E-state index in [2.05, 4.69) is 18.2 Å². The number of aliphatic hydroxyl groups excluding tert-OH is 1. The second-order valence-electron chi connectivity index (χ2n) is 3.99. The topological polar surface area (TPSA) is 46.2 Å². The Bertz CT molecular complexity index is 311. The summed E-state index contributed by atoms with van der Waals surface area (Å²) in [5, 5.41) is 9.92. The Morgan fingerprint density at radius 3 is 3.00 bits per heavy atom. The summed E-state index contributed by atoms with van der Waals surface area (Å²) in [4.78, 5) is 0. The summed E-state index contributed by atoms with van der Waals surface area (Å²) >= 11 is 0. The maximum absolute atomic E-state index is 9.92. The summed E-state index contributed by atoms with van der Waals surface area (Å²) in [6.07, 6.45) is 2.62. The summed E-state index contributed by atoms with van der Waals surface area (Å²) in [7, 11) is 0. The number of nitrogens with two attached hydrogens (primary N) is 1. The molecule has 76 valence electrons. The van der Waals surface area contributed by atoms with E-state index in [0.29, 0.717) is 18.9 Å². The normalized spacial score (nSPS) is 22.0. The molecule has 2 atom stereocenters. The number of aliphatic hydroxyl groups is 1. The van der Waals surface area contributed by atoms with E-state index in [4.69, 9.17) is 5.73 Å². The Hall–Kier alpha value is -0.860. The molecule has 0 fully saturated rings. The highest BCUT2D eigenvalue weighted by molar-refractivity contribution is 5.35. The van der Waals surface area contributed by atoms with Gasteiger partial charge in [0.05, 0.1) is 6.10 Å². The predicted molar refractivity (Wildman–Crippen MR) is 57.2 cm³/mol. The SMILES string of the molecule is NCCC(O)C1CCc2ccccc21. The van der Waals surface area contributed by atoms with E-state index >= 15 is 0 Å². The molecule has 14 heavy (non-hydrogen) atoms. The fourth-order valence-corrected chi connectivity index (χ4v) is 2.36. The highest BCUT2D eigenvalue weighted by Crippen LogP contribution is 2.35. The number of rotatable bonds is 3. The van der Waals surface area contributed by atoms with Crippen molar-refractivity contribution in [1.82, 2.24) is 0 Å². The summed E-state index contributed by atoms with van der Waals surface area (Å²) < 4.78 is 0. The molecule has 0 amide bonds. The molecule has 2 nitrogen and oxygen atoms in total. The molecule has 1 aromatic carbocycles. The van der Waals surface area contributed by atoms with Crippen LogP contribution in [0.2, 0.25) is 0 Å². The first kappa shape index (κ1) is 9.69. The number of fused-ring (bicyclic) bond motifs is 1. The summed E-state index contributed by atoms with van der Waals surface area (Å²) in [5.41, 5.74) is 8.18. The Morgan fingerprint density at radius 2 is 2.21 bits per heavy atom. The molecule has 2 heteroatoms. The third-order valence-electron chi connectivity index (χ3n) is 3.11. The van der Waals surface area contributed by atoms with Crippen molar-refractivity contribution in [2.24, 2.45) is 5.73 Å². The molecule has 0 aliphatic heterocycles. The quantitative estimate of drug-likeness (QED) is 0.759. The van der Waals surface area contributed by atoms with Gasteiger partial charge in [0.1, 0.15) is 0 Å². The van der Waals surface area contributed by atoms with Crippen molar-refractivity contribution < 1.29 is 5.11 Å². The van der Waals surface area contributed by atoms with Crippen molar-refractivity contribution in [2.75, 3.05) is 6.54 Å². The van der Waals surface area contributed by atoms with Gasteiger partial charge >= 0.3 is 0 Å². The first-order valence-electron chi connectivity index (χ1n) is 5.29. The van der Waals surface area contributed by atoms with Gasteiger partial charge in [-0.05, 0) is 36.9 Å². The first-order valence-corrected chi connectivity index (χ1v) is 5.29. The van der Waals surface area contributed by atoms with Crippen molar-refractivity contribution >= 4 is 0 Å². The smallest absolute Gasteiger partial charge is 0.0620 e. The second-order valence-corrected chi connectivity index (χ2v) is 3.99. The van der Waals surface area contributed by atoms with Crippen LogP contribution >= 0.6 is 0 Å². The van der Waals surface area contributed by atoms with Crippen molar-refractivity contribution in [3.8, 4) is 0 Å². The Labute approximate surface area is 84.7 Å². The summed E-state index contributed by atoms with van der Waals surface area (Å²) in [6.45, 7) is 0.569. The Balaban J connectivity index is 2.17. The van der Waals surface area contributed by atoms with Gasteiger partial charge < -0.3 is 10.8 Å². The number of aryl methyl sites for hydroxylation is 1. The monoisotopic (exact) mass is 191 g/mol. The van der Waals surface area contributed by atoms with E-state index in [9.17, 15) is 5.11 Å². The molecule has 0 saturated heterocycles. The van der Waals surface area contributed by atoms with E-state index in [1.165, 1.54) is 11.1 Å². The molecular weight excluding hydrogens is 174 g/mol. The lowest BCUT2D eigenvalue weighted by atomic mass is 9.93. The minimum absolute atomic E-state index is 0.261. The molecule has 0 aromatic heterocycles. The van der Waals surface area contributed by atoms with Crippen LogP contribution in [0.5, 0.6) is 0 Å². The predicted octanol–water partition coefficient (Wildman–Crippen LogP) is 1.43. The van der Waals surface area contributed by atoms with Gasteiger partial charge in [-0.3, -0.25) is 0 Å². The van der Waals surface area contributed by atoms with Gasteiger partial charge in [-0.15, -0.1) is 0 Å². The van der Waals surface area contributed by atoms with Gasteiger partial charge in [0, 0.05) is 5.92 Å². The average Bonchev–Trinajstić information content (AvgIpc) is 2.61. The average molecular weight is 191 g/mol. The minimum Gasteiger partial charge on any atom is -0.392 e. The Morgan fingerprint density at radius 1 is 1.43 bits per heavy atom. The highest BCUT2D eigenvalue weighted by Gasteiger charge is 2.27. The van der Waals surface area contributed by atoms with E-state index in [0.717, 1.165) is 12.8 Å². The van der Waals surface area contributed by atoms with Crippen LogP contribution in [0.25, 0.3) is 0 Å². The lowest BCUT2D eigenvalue weighted by molar-refractivity contribution is 0.136. The minimum atomic E-state index is -0.261. The number of benzene rings is 1. The third kappa shape index (κ3) is 1.68.